The molecule has 2 rings (SSSR count). The van der Waals surface area contributed by atoms with Crippen LogP contribution in [0.4, 0.5) is 0 Å². The molecule has 0 fully saturated rings. The fourth-order valence-electron chi connectivity index (χ4n) is 2.01. The summed E-state index contributed by atoms with van der Waals surface area (Å²) in [5.41, 5.74) is 1.02. The van der Waals surface area contributed by atoms with E-state index in [1.807, 2.05) is 37.3 Å². The van der Waals surface area contributed by atoms with Crippen LogP contribution in [-0.4, -0.2) is 20.1 Å². The summed E-state index contributed by atoms with van der Waals surface area (Å²) in [6.45, 7) is 1.91. The highest BCUT2D eigenvalue weighted by molar-refractivity contribution is 5.88. The molecule has 0 unspecified atom stereocenters. The number of ether oxygens (including phenoxy) is 1. The molecule has 3 nitrogen and oxygen atoms in total. The molecule has 0 radical (unpaired) electrons. The molecule has 1 amide bonds. The Morgan fingerprint density at radius 2 is 1.83 bits per heavy atom. The van der Waals surface area contributed by atoms with Crippen molar-refractivity contribution in [2.75, 3.05) is 14.2 Å². The molecule has 2 aromatic carbocycles. The van der Waals surface area contributed by atoms with Crippen LogP contribution >= 0.6 is 0 Å². The van der Waals surface area contributed by atoms with Gasteiger partial charge in [-0.05, 0) is 35.4 Å². The van der Waals surface area contributed by atoms with Gasteiger partial charge in [-0.3, -0.25) is 4.79 Å². The van der Waals surface area contributed by atoms with E-state index in [1.54, 1.807) is 14.2 Å². The third-order valence-corrected chi connectivity index (χ3v) is 3.21. The largest absolute Gasteiger partial charge is 0.497 e. The van der Waals surface area contributed by atoms with Gasteiger partial charge in [0.2, 0.25) is 5.91 Å². The minimum Gasteiger partial charge on any atom is -0.497 e. The van der Waals surface area contributed by atoms with E-state index in [9.17, 15) is 4.79 Å². The Morgan fingerprint density at radius 3 is 2.50 bits per heavy atom. The van der Waals surface area contributed by atoms with Crippen molar-refractivity contribution in [3.63, 3.8) is 0 Å². The van der Waals surface area contributed by atoms with Gasteiger partial charge in [0, 0.05) is 7.05 Å². The predicted molar refractivity (Wildman–Crippen MR) is 73.0 cm³/mol. The van der Waals surface area contributed by atoms with E-state index in [2.05, 4.69) is 11.4 Å². The van der Waals surface area contributed by atoms with Crippen LogP contribution in [-0.2, 0) is 4.79 Å². The average molecular weight is 243 g/mol. The smallest absolute Gasteiger partial charge is 0.227 e. The summed E-state index contributed by atoms with van der Waals surface area (Å²) in [6, 6.07) is 12.0. The quantitative estimate of drug-likeness (QED) is 0.900. The summed E-state index contributed by atoms with van der Waals surface area (Å²) in [5, 5.41) is 4.90. The monoisotopic (exact) mass is 243 g/mol. The molecule has 0 bridgehead atoms. The zero-order chi connectivity index (χ0) is 13.1. The molecular formula is C15H17NO2. The van der Waals surface area contributed by atoms with Crippen LogP contribution in [0.15, 0.2) is 36.4 Å². The van der Waals surface area contributed by atoms with Crippen molar-refractivity contribution in [3.05, 3.63) is 42.0 Å². The number of rotatable bonds is 3. The molecule has 0 saturated carbocycles. The third kappa shape index (κ3) is 2.30. The summed E-state index contributed by atoms with van der Waals surface area (Å²) in [4.78, 5) is 11.6. The Kier molecular flexibility index (Phi) is 3.51. The van der Waals surface area contributed by atoms with E-state index in [4.69, 9.17) is 4.74 Å². The summed E-state index contributed by atoms with van der Waals surface area (Å²) in [5.74, 6) is 0.735. The first-order valence-corrected chi connectivity index (χ1v) is 5.95. The molecule has 0 aliphatic rings. The van der Waals surface area contributed by atoms with Gasteiger partial charge in [-0.15, -0.1) is 0 Å². The van der Waals surface area contributed by atoms with Gasteiger partial charge in [-0.2, -0.15) is 0 Å². The number of hydrogen-bond donors (Lipinski definition) is 1. The van der Waals surface area contributed by atoms with Crippen molar-refractivity contribution in [1.82, 2.24) is 5.32 Å². The van der Waals surface area contributed by atoms with E-state index in [0.717, 1.165) is 22.1 Å². The summed E-state index contributed by atoms with van der Waals surface area (Å²) >= 11 is 0. The fraction of sp³-hybridized carbons (Fsp3) is 0.267. The summed E-state index contributed by atoms with van der Waals surface area (Å²) < 4.78 is 5.19. The van der Waals surface area contributed by atoms with Crippen molar-refractivity contribution in [3.8, 4) is 5.75 Å². The highest BCUT2D eigenvalue weighted by Crippen LogP contribution is 2.25. The first-order chi connectivity index (χ1) is 8.65. The number of nitrogens with one attached hydrogen (secondary N) is 1. The molecule has 0 aliphatic carbocycles. The fourth-order valence-corrected chi connectivity index (χ4v) is 2.01. The van der Waals surface area contributed by atoms with Crippen LogP contribution in [0.2, 0.25) is 0 Å². The normalized spacial score (nSPS) is 12.2. The first-order valence-electron chi connectivity index (χ1n) is 5.95. The Labute approximate surface area is 107 Å². The number of likely N-dealkylation sites (N-methyl/N-ethyl adjacent to an activating group) is 1. The van der Waals surface area contributed by atoms with Crippen molar-refractivity contribution < 1.29 is 9.53 Å². The SMILES string of the molecule is CNC(=O)[C@@H](C)c1ccc2cc(OC)ccc2c1. The second-order valence-corrected chi connectivity index (χ2v) is 4.31. The molecule has 0 aliphatic heterocycles. The van der Waals surface area contributed by atoms with Crippen molar-refractivity contribution >= 4 is 16.7 Å². The molecule has 94 valence electrons. The van der Waals surface area contributed by atoms with Gasteiger partial charge in [0.25, 0.3) is 0 Å². The minimum absolute atomic E-state index is 0.0304. The molecule has 1 atom stereocenters. The van der Waals surface area contributed by atoms with E-state index in [0.29, 0.717) is 0 Å². The summed E-state index contributed by atoms with van der Waals surface area (Å²) in [7, 11) is 3.31. The Hall–Kier alpha value is -2.03. The van der Waals surface area contributed by atoms with Crippen LogP contribution in [0, 0.1) is 0 Å². The number of hydrogen-bond acceptors (Lipinski definition) is 2. The zero-order valence-electron chi connectivity index (χ0n) is 10.9. The van der Waals surface area contributed by atoms with Gasteiger partial charge in [0.05, 0.1) is 13.0 Å². The number of fused-ring (bicyclic) bond motifs is 1. The summed E-state index contributed by atoms with van der Waals surface area (Å²) in [6.07, 6.45) is 0. The second-order valence-electron chi connectivity index (χ2n) is 4.31. The molecule has 3 heteroatoms. The lowest BCUT2D eigenvalue weighted by atomic mass is 9.97. The number of benzene rings is 2. The van der Waals surface area contributed by atoms with E-state index < -0.39 is 0 Å². The highest BCUT2D eigenvalue weighted by Gasteiger charge is 2.13. The second kappa shape index (κ2) is 5.08. The van der Waals surface area contributed by atoms with Crippen LogP contribution in [0.5, 0.6) is 5.75 Å². The third-order valence-electron chi connectivity index (χ3n) is 3.21. The lowest BCUT2D eigenvalue weighted by molar-refractivity contribution is -0.121. The molecule has 0 spiro atoms. The topological polar surface area (TPSA) is 38.3 Å². The zero-order valence-corrected chi connectivity index (χ0v) is 10.9. The molecule has 0 aromatic heterocycles. The van der Waals surface area contributed by atoms with Gasteiger partial charge in [-0.25, -0.2) is 0 Å². The van der Waals surface area contributed by atoms with E-state index in [1.165, 1.54) is 0 Å². The molecule has 0 saturated heterocycles. The first kappa shape index (κ1) is 12.4. The molecule has 2 aromatic rings. The van der Waals surface area contributed by atoms with Crippen molar-refractivity contribution in [2.45, 2.75) is 12.8 Å². The van der Waals surface area contributed by atoms with Gasteiger partial charge < -0.3 is 10.1 Å². The maximum absolute atomic E-state index is 11.6. The van der Waals surface area contributed by atoms with Gasteiger partial charge in [0.1, 0.15) is 5.75 Å². The number of carbonyl (C=O) groups excluding carboxylic acids is 1. The molecular weight excluding hydrogens is 226 g/mol. The Bertz CT molecular complexity index is 578. The number of methoxy groups -OCH3 is 1. The standard InChI is InChI=1S/C15H17NO2/c1-10(15(17)16-2)11-4-5-13-9-14(18-3)7-6-12(13)8-11/h4-10H,1-3H3,(H,16,17)/t10-/m0/s1. The molecule has 18 heavy (non-hydrogen) atoms. The number of carbonyl (C=O) groups is 1. The maximum Gasteiger partial charge on any atom is 0.227 e. The number of amides is 1. The Balaban J connectivity index is 2.42. The van der Waals surface area contributed by atoms with Gasteiger partial charge in [0.15, 0.2) is 0 Å². The highest BCUT2D eigenvalue weighted by atomic mass is 16.5. The molecule has 0 heterocycles. The Morgan fingerprint density at radius 1 is 1.17 bits per heavy atom. The van der Waals surface area contributed by atoms with E-state index in [-0.39, 0.29) is 11.8 Å². The van der Waals surface area contributed by atoms with Crippen molar-refractivity contribution in [2.24, 2.45) is 0 Å². The van der Waals surface area contributed by atoms with Gasteiger partial charge >= 0.3 is 0 Å². The lowest BCUT2D eigenvalue weighted by Crippen LogP contribution is -2.23. The predicted octanol–water partition coefficient (Wildman–Crippen LogP) is 2.70. The minimum atomic E-state index is -0.137. The maximum atomic E-state index is 11.6. The van der Waals surface area contributed by atoms with Crippen LogP contribution < -0.4 is 10.1 Å². The van der Waals surface area contributed by atoms with Crippen molar-refractivity contribution in [1.29, 1.82) is 0 Å². The van der Waals surface area contributed by atoms with Crippen LogP contribution in [0.3, 0.4) is 0 Å². The van der Waals surface area contributed by atoms with Crippen LogP contribution in [0.1, 0.15) is 18.4 Å². The average Bonchev–Trinajstić information content (AvgIpc) is 2.44. The van der Waals surface area contributed by atoms with Gasteiger partial charge in [-0.1, -0.05) is 24.3 Å². The molecule has 1 N–H and O–H groups in total. The van der Waals surface area contributed by atoms with Crippen LogP contribution in [0.25, 0.3) is 10.8 Å². The lowest BCUT2D eigenvalue weighted by Gasteiger charge is -2.11. The van der Waals surface area contributed by atoms with E-state index >= 15 is 0 Å².